The average Bonchev–Trinajstić information content (AvgIpc) is 3.20. The molecule has 0 saturated heterocycles. The first-order valence-electron chi connectivity index (χ1n) is 9.49. The number of nitrogens with one attached hydrogen (secondary N) is 1. The summed E-state index contributed by atoms with van der Waals surface area (Å²) in [6, 6.07) is 4.78. The number of allylic oxidation sites excluding steroid dienone is 2. The van der Waals surface area contributed by atoms with Crippen molar-refractivity contribution in [1.82, 2.24) is 4.72 Å². The van der Waals surface area contributed by atoms with Gasteiger partial charge in [0.1, 0.15) is 5.82 Å². The molecule has 0 aromatic heterocycles. The Hall–Kier alpha value is -0.730. The summed E-state index contributed by atoms with van der Waals surface area (Å²) >= 11 is 0. The van der Waals surface area contributed by atoms with Crippen molar-refractivity contribution in [3.8, 4) is 0 Å². The Morgan fingerprint density at radius 3 is 2.54 bits per heavy atom. The Bertz CT molecular complexity index is 797. The SMILES string of the molecule is O=C([O-])CCC/C=C\C[C@H]1[C@@H]2CCC(C2)[C@@H]1NS(=O)(=O)c1ccc(F)cc1.[Na+]. The fraction of sp³-hybridized carbons (Fsp3) is 0.550. The van der Waals surface area contributed by atoms with E-state index in [2.05, 4.69) is 4.72 Å². The topological polar surface area (TPSA) is 86.3 Å². The molecule has 0 radical (unpaired) electrons. The van der Waals surface area contributed by atoms with Gasteiger partial charge in [-0.15, -0.1) is 0 Å². The van der Waals surface area contributed by atoms with Gasteiger partial charge in [-0.2, -0.15) is 0 Å². The smallest absolute Gasteiger partial charge is 0.550 e. The number of sulfonamides is 1. The molecule has 3 rings (SSSR count). The van der Waals surface area contributed by atoms with Crippen molar-refractivity contribution in [1.29, 1.82) is 0 Å². The molecule has 0 heterocycles. The number of fused-ring (bicyclic) bond motifs is 2. The van der Waals surface area contributed by atoms with Gasteiger partial charge in [0.25, 0.3) is 0 Å². The van der Waals surface area contributed by atoms with Crippen LogP contribution in [-0.4, -0.2) is 20.4 Å². The maximum Gasteiger partial charge on any atom is 1.00 e. The molecule has 0 aliphatic heterocycles. The number of hydrogen-bond acceptors (Lipinski definition) is 4. The van der Waals surface area contributed by atoms with Crippen LogP contribution in [0.2, 0.25) is 0 Å². The van der Waals surface area contributed by atoms with Gasteiger partial charge in [0, 0.05) is 12.0 Å². The first-order valence-corrected chi connectivity index (χ1v) is 11.0. The number of carbonyl (C=O) groups excluding carboxylic acids is 1. The van der Waals surface area contributed by atoms with Gasteiger partial charge in [-0.3, -0.25) is 0 Å². The van der Waals surface area contributed by atoms with Gasteiger partial charge in [0.05, 0.1) is 4.90 Å². The van der Waals surface area contributed by atoms with Crippen molar-refractivity contribution in [3.05, 3.63) is 42.2 Å². The number of benzene rings is 1. The molecular weight excluding hydrogens is 392 g/mol. The van der Waals surface area contributed by atoms with Crippen LogP contribution in [0.3, 0.4) is 0 Å². The van der Waals surface area contributed by atoms with Gasteiger partial charge in [0.2, 0.25) is 10.0 Å². The Labute approximate surface area is 188 Å². The Morgan fingerprint density at radius 1 is 1.18 bits per heavy atom. The van der Waals surface area contributed by atoms with Crippen molar-refractivity contribution < 1.29 is 52.3 Å². The Kier molecular flexibility index (Phi) is 8.70. The summed E-state index contributed by atoms with van der Waals surface area (Å²) < 4.78 is 41.3. The molecule has 4 atom stereocenters. The summed E-state index contributed by atoms with van der Waals surface area (Å²) in [4.78, 5) is 10.5. The molecule has 2 aliphatic rings. The quantitative estimate of drug-likeness (QED) is 0.330. The number of carboxylic acids is 1. The molecular formula is C20H25FNNaO4S. The zero-order valence-corrected chi connectivity index (χ0v) is 19.0. The van der Waals surface area contributed by atoms with E-state index < -0.39 is 21.8 Å². The van der Waals surface area contributed by atoms with Crippen LogP contribution in [0.25, 0.3) is 0 Å². The van der Waals surface area contributed by atoms with E-state index in [0.29, 0.717) is 24.7 Å². The van der Waals surface area contributed by atoms with Crippen molar-refractivity contribution >= 4 is 16.0 Å². The second-order valence-electron chi connectivity index (χ2n) is 7.57. The largest absolute Gasteiger partial charge is 1.00 e. The van der Waals surface area contributed by atoms with E-state index in [1.165, 1.54) is 12.1 Å². The number of halogens is 1. The zero-order chi connectivity index (χ0) is 19.4. The molecule has 1 aromatic rings. The third-order valence-corrected chi connectivity index (χ3v) is 7.31. The van der Waals surface area contributed by atoms with Gasteiger partial charge >= 0.3 is 29.6 Å². The number of unbranched alkanes of at least 4 members (excludes halogenated alkanes) is 1. The second kappa shape index (κ2) is 10.3. The van der Waals surface area contributed by atoms with Crippen LogP contribution < -0.4 is 39.4 Å². The van der Waals surface area contributed by atoms with E-state index >= 15 is 0 Å². The summed E-state index contributed by atoms with van der Waals surface area (Å²) in [5.74, 6) is -0.385. The molecule has 148 valence electrons. The molecule has 2 bridgehead atoms. The maximum absolute atomic E-state index is 13.1. The van der Waals surface area contributed by atoms with Crippen molar-refractivity contribution in [2.24, 2.45) is 17.8 Å². The number of carboxylic acid groups (broad SMARTS) is 1. The molecule has 8 heteroatoms. The molecule has 28 heavy (non-hydrogen) atoms. The first-order chi connectivity index (χ1) is 12.9. The summed E-state index contributed by atoms with van der Waals surface area (Å²) in [6.45, 7) is 0. The second-order valence-corrected chi connectivity index (χ2v) is 9.28. The van der Waals surface area contributed by atoms with Crippen LogP contribution >= 0.6 is 0 Å². The van der Waals surface area contributed by atoms with E-state index in [-0.39, 0.29) is 52.8 Å². The fourth-order valence-electron chi connectivity index (χ4n) is 4.53. The van der Waals surface area contributed by atoms with Crippen LogP contribution in [0.15, 0.2) is 41.3 Å². The van der Waals surface area contributed by atoms with Crippen LogP contribution in [0, 0.1) is 23.6 Å². The monoisotopic (exact) mass is 417 g/mol. The molecule has 1 unspecified atom stereocenters. The minimum absolute atomic E-state index is 0. The minimum Gasteiger partial charge on any atom is -0.550 e. The zero-order valence-electron chi connectivity index (χ0n) is 16.1. The molecule has 2 aliphatic carbocycles. The Balaban J connectivity index is 0.00000280. The third-order valence-electron chi connectivity index (χ3n) is 5.83. The van der Waals surface area contributed by atoms with E-state index in [0.717, 1.165) is 37.8 Å². The van der Waals surface area contributed by atoms with E-state index in [9.17, 15) is 22.7 Å². The Morgan fingerprint density at radius 2 is 1.86 bits per heavy atom. The van der Waals surface area contributed by atoms with Gasteiger partial charge < -0.3 is 9.90 Å². The number of carbonyl (C=O) groups is 1. The van der Waals surface area contributed by atoms with Crippen LogP contribution in [-0.2, 0) is 14.8 Å². The summed E-state index contributed by atoms with van der Waals surface area (Å²) in [5.41, 5.74) is 0. The van der Waals surface area contributed by atoms with Gasteiger partial charge in [-0.1, -0.05) is 12.2 Å². The minimum atomic E-state index is -3.68. The number of aliphatic carboxylic acids is 1. The van der Waals surface area contributed by atoms with Gasteiger partial charge in [0.15, 0.2) is 0 Å². The van der Waals surface area contributed by atoms with E-state index in [1.54, 1.807) is 0 Å². The molecule has 2 saturated carbocycles. The number of hydrogen-bond donors (Lipinski definition) is 1. The molecule has 1 aromatic carbocycles. The van der Waals surface area contributed by atoms with Crippen LogP contribution in [0.4, 0.5) is 4.39 Å². The summed E-state index contributed by atoms with van der Waals surface area (Å²) in [6.07, 6.45) is 9.29. The molecule has 0 amide bonds. The molecule has 1 N–H and O–H groups in total. The van der Waals surface area contributed by atoms with Gasteiger partial charge in [-0.05, 0) is 87.0 Å². The van der Waals surface area contributed by atoms with Crippen LogP contribution in [0.1, 0.15) is 44.9 Å². The first kappa shape index (κ1) is 23.5. The van der Waals surface area contributed by atoms with E-state index in [4.69, 9.17) is 0 Å². The van der Waals surface area contributed by atoms with Crippen molar-refractivity contribution in [2.45, 2.75) is 55.9 Å². The normalized spacial score (nSPS) is 26.5. The molecule has 0 spiro atoms. The fourth-order valence-corrected chi connectivity index (χ4v) is 5.89. The van der Waals surface area contributed by atoms with E-state index in [1.807, 2.05) is 12.2 Å². The molecule has 5 nitrogen and oxygen atoms in total. The number of rotatable bonds is 9. The third kappa shape index (κ3) is 5.89. The summed E-state index contributed by atoms with van der Waals surface area (Å²) in [7, 11) is -3.68. The average molecular weight is 417 g/mol. The van der Waals surface area contributed by atoms with Crippen molar-refractivity contribution in [2.75, 3.05) is 0 Å². The molecule has 2 fully saturated rings. The van der Waals surface area contributed by atoms with Crippen LogP contribution in [0.5, 0.6) is 0 Å². The van der Waals surface area contributed by atoms with Crippen molar-refractivity contribution in [3.63, 3.8) is 0 Å². The standard InChI is InChI=1S/C20H26FNO4S.Na/c21-16-9-11-17(12-10-16)27(25,26)22-20-15-8-7-14(13-15)18(20)5-3-1-2-4-6-19(23)24;/h1,3,9-12,14-15,18,20,22H,2,4-8,13H2,(H,23,24);/q;+1/p-1/b3-1-;/t14-,15?,18+,20+;/m1./s1. The predicted octanol–water partition coefficient (Wildman–Crippen LogP) is -0.611. The predicted molar refractivity (Wildman–Crippen MR) is 97.4 cm³/mol. The van der Waals surface area contributed by atoms with Gasteiger partial charge in [-0.25, -0.2) is 17.5 Å². The summed E-state index contributed by atoms with van der Waals surface area (Å²) in [5, 5.41) is 10.4. The maximum atomic E-state index is 13.1.